The van der Waals surface area contributed by atoms with Gasteiger partial charge in [-0.25, -0.2) is 0 Å². The third-order valence-electron chi connectivity index (χ3n) is 2.86. The van der Waals surface area contributed by atoms with Crippen LogP contribution >= 0.6 is 0 Å². The second-order valence-corrected chi connectivity index (χ2v) is 5.04. The Labute approximate surface area is 141 Å². The first kappa shape index (κ1) is 21.4. The molecule has 1 aromatic carbocycles. The summed E-state index contributed by atoms with van der Waals surface area (Å²) in [5, 5.41) is 7.42. The van der Waals surface area contributed by atoms with Gasteiger partial charge in [-0.2, -0.15) is 0 Å². The summed E-state index contributed by atoms with van der Waals surface area (Å²) < 4.78 is 9.86. The molecule has 0 saturated carbocycles. The van der Waals surface area contributed by atoms with Gasteiger partial charge >= 0.3 is 11.9 Å². The highest BCUT2D eigenvalue weighted by Crippen LogP contribution is 2.19. The average Bonchev–Trinajstić information content (AvgIpc) is 2.45. The molecule has 0 aromatic heterocycles. The molecule has 0 spiro atoms. The van der Waals surface area contributed by atoms with Gasteiger partial charge in [-0.15, -0.1) is 0 Å². The van der Waals surface area contributed by atoms with Gasteiger partial charge in [0.15, 0.2) is 0 Å². The second-order valence-electron chi connectivity index (χ2n) is 5.04. The molecule has 0 heterocycles. The normalized spacial score (nSPS) is 9.46. The maximum atomic E-state index is 10.8. The molecule has 0 amide bonds. The number of ether oxygens (including phenoxy) is 2. The van der Waals surface area contributed by atoms with Crippen LogP contribution in [0.4, 0.5) is 5.69 Å². The van der Waals surface area contributed by atoms with Gasteiger partial charge in [0.05, 0.1) is 13.2 Å². The standard InChI is InChI=1S/C15H21NO4.C2H4O2/c1-11(17)19-9-4-6-13-5-3-7-15(16)14(13)8-10-20-12(2)18;1-2(3)4/h3,5,7H,4,6,8-10,16H2,1-2H3;1H3,(H,3,4). The summed E-state index contributed by atoms with van der Waals surface area (Å²) in [6.07, 6.45) is 2.10. The lowest BCUT2D eigenvalue weighted by atomic mass is 9.99. The lowest BCUT2D eigenvalue weighted by Gasteiger charge is -2.12. The zero-order chi connectivity index (χ0) is 18.5. The molecule has 1 rings (SSSR count). The van der Waals surface area contributed by atoms with Crippen molar-refractivity contribution in [2.75, 3.05) is 18.9 Å². The van der Waals surface area contributed by atoms with E-state index in [1.54, 1.807) is 0 Å². The predicted octanol–water partition coefficient (Wildman–Crippen LogP) is 1.96. The fourth-order valence-corrected chi connectivity index (χ4v) is 1.97. The van der Waals surface area contributed by atoms with Crippen molar-refractivity contribution in [2.24, 2.45) is 0 Å². The van der Waals surface area contributed by atoms with Crippen molar-refractivity contribution in [1.82, 2.24) is 0 Å². The number of hydrogen-bond donors (Lipinski definition) is 2. The van der Waals surface area contributed by atoms with Crippen LogP contribution in [-0.4, -0.2) is 36.2 Å². The molecule has 0 aliphatic heterocycles. The fourth-order valence-electron chi connectivity index (χ4n) is 1.97. The van der Waals surface area contributed by atoms with E-state index in [4.69, 9.17) is 25.1 Å². The topological polar surface area (TPSA) is 116 Å². The van der Waals surface area contributed by atoms with Crippen LogP contribution in [0.2, 0.25) is 0 Å². The number of benzene rings is 1. The number of carbonyl (C=O) groups excluding carboxylic acids is 2. The van der Waals surface area contributed by atoms with Crippen LogP contribution in [0.25, 0.3) is 0 Å². The van der Waals surface area contributed by atoms with Crippen LogP contribution in [0.15, 0.2) is 18.2 Å². The number of nitrogen functional groups attached to an aromatic ring is 1. The van der Waals surface area contributed by atoms with E-state index in [9.17, 15) is 9.59 Å². The number of hydrogen-bond acceptors (Lipinski definition) is 6. The van der Waals surface area contributed by atoms with Crippen molar-refractivity contribution in [2.45, 2.75) is 40.0 Å². The van der Waals surface area contributed by atoms with E-state index in [2.05, 4.69) is 0 Å². The number of esters is 2. The molecule has 1 aromatic rings. The first-order chi connectivity index (χ1) is 11.2. The van der Waals surface area contributed by atoms with Gasteiger partial charge in [-0.1, -0.05) is 12.1 Å². The molecule has 0 atom stereocenters. The summed E-state index contributed by atoms with van der Waals surface area (Å²) in [4.78, 5) is 30.5. The number of rotatable bonds is 7. The van der Waals surface area contributed by atoms with Gasteiger partial charge in [0.1, 0.15) is 0 Å². The van der Waals surface area contributed by atoms with Gasteiger partial charge < -0.3 is 20.3 Å². The Hall–Kier alpha value is -2.57. The molecule has 7 heteroatoms. The first-order valence-corrected chi connectivity index (χ1v) is 7.56. The highest BCUT2D eigenvalue weighted by molar-refractivity contribution is 5.66. The Bertz CT molecular complexity index is 552. The van der Waals surface area contributed by atoms with E-state index < -0.39 is 5.97 Å². The Morgan fingerprint density at radius 2 is 1.54 bits per heavy atom. The average molecular weight is 339 g/mol. The molecule has 7 nitrogen and oxygen atoms in total. The summed E-state index contributed by atoms with van der Waals surface area (Å²) in [6, 6.07) is 5.72. The Morgan fingerprint density at radius 1 is 1.00 bits per heavy atom. The smallest absolute Gasteiger partial charge is 0.302 e. The Morgan fingerprint density at radius 3 is 2.08 bits per heavy atom. The third kappa shape index (κ3) is 11.1. The summed E-state index contributed by atoms with van der Waals surface area (Å²) in [5.74, 6) is -1.40. The van der Waals surface area contributed by atoms with Crippen LogP contribution in [-0.2, 0) is 36.7 Å². The lowest BCUT2D eigenvalue weighted by molar-refractivity contribution is -0.141. The summed E-state index contributed by atoms with van der Waals surface area (Å²) in [7, 11) is 0. The molecule has 134 valence electrons. The molecule has 24 heavy (non-hydrogen) atoms. The molecule has 0 unspecified atom stereocenters. The largest absolute Gasteiger partial charge is 0.481 e. The molecular weight excluding hydrogens is 314 g/mol. The summed E-state index contributed by atoms with van der Waals surface area (Å²) >= 11 is 0. The van der Waals surface area contributed by atoms with Crippen LogP contribution < -0.4 is 5.73 Å². The molecule has 0 radical (unpaired) electrons. The molecule has 0 fully saturated rings. The molecule has 0 aliphatic rings. The number of aliphatic carboxylic acids is 1. The number of carboxylic acids is 1. The predicted molar refractivity (Wildman–Crippen MR) is 89.5 cm³/mol. The van der Waals surface area contributed by atoms with Crippen LogP contribution in [0.5, 0.6) is 0 Å². The van der Waals surface area contributed by atoms with E-state index in [1.807, 2.05) is 18.2 Å². The SMILES string of the molecule is CC(=O)O.CC(=O)OCCCc1cccc(N)c1CCOC(C)=O. The van der Waals surface area contributed by atoms with Crippen molar-refractivity contribution in [3.8, 4) is 0 Å². The van der Waals surface area contributed by atoms with Crippen LogP contribution in [0.1, 0.15) is 38.3 Å². The zero-order valence-electron chi connectivity index (χ0n) is 14.3. The van der Waals surface area contributed by atoms with Crippen molar-refractivity contribution >= 4 is 23.6 Å². The monoisotopic (exact) mass is 339 g/mol. The fraction of sp³-hybridized carbons (Fsp3) is 0.471. The van der Waals surface area contributed by atoms with Gasteiger partial charge in [0, 0.05) is 32.9 Å². The minimum Gasteiger partial charge on any atom is -0.481 e. The maximum absolute atomic E-state index is 10.8. The van der Waals surface area contributed by atoms with E-state index in [1.165, 1.54) is 13.8 Å². The van der Waals surface area contributed by atoms with Crippen molar-refractivity contribution in [3.63, 3.8) is 0 Å². The third-order valence-corrected chi connectivity index (χ3v) is 2.86. The molecule has 0 saturated heterocycles. The number of aryl methyl sites for hydroxylation is 1. The summed E-state index contributed by atoms with van der Waals surface area (Å²) in [5.41, 5.74) is 8.76. The summed E-state index contributed by atoms with van der Waals surface area (Å²) in [6.45, 7) is 4.58. The minimum absolute atomic E-state index is 0.271. The van der Waals surface area contributed by atoms with Gasteiger partial charge in [-0.3, -0.25) is 14.4 Å². The maximum Gasteiger partial charge on any atom is 0.302 e. The van der Waals surface area contributed by atoms with Crippen LogP contribution in [0, 0.1) is 0 Å². The van der Waals surface area contributed by atoms with Crippen LogP contribution in [0.3, 0.4) is 0 Å². The number of anilines is 1. The van der Waals surface area contributed by atoms with Gasteiger partial charge in [0.2, 0.25) is 0 Å². The molecule has 0 bridgehead atoms. The zero-order valence-corrected chi connectivity index (χ0v) is 14.3. The minimum atomic E-state index is -0.833. The quantitative estimate of drug-likeness (QED) is 0.443. The van der Waals surface area contributed by atoms with E-state index in [0.717, 1.165) is 30.9 Å². The highest BCUT2D eigenvalue weighted by Gasteiger charge is 2.07. The number of carboxylic acid groups (broad SMARTS) is 1. The van der Waals surface area contributed by atoms with Gasteiger partial charge in [0.25, 0.3) is 5.97 Å². The van der Waals surface area contributed by atoms with Crippen molar-refractivity contribution < 1.29 is 29.0 Å². The highest BCUT2D eigenvalue weighted by atomic mass is 16.5. The van der Waals surface area contributed by atoms with E-state index in [0.29, 0.717) is 25.3 Å². The number of nitrogens with two attached hydrogens (primary N) is 1. The Kier molecular flexibility index (Phi) is 10.6. The van der Waals surface area contributed by atoms with Crippen molar-refractivity contribution in [1.29, 1.82) is 0 Å². The van der Waals surface area contributed by atoms with Gasteiger partial charge in [-0.05, 0) is 30.0 Å². The number of carbonyl (C=O) groups is 3. The molecular formula is C17H25NO6. The Balaban J connectivity index is 0.00000118. The van der Waals surface area contributed by atoms with E-state index in [-0.39, 0.29) is 11.9 Å². The molecule has 3 N–H and O–H groups in total. The first-order valence-electron chi connectivity index (χ1n) is 7.56. The van der Waals surface area contributed by atoms with Crippen molar-refractivity contribution in [3.05, 3.63) is 29.3 Å². The van der Waals surface area contributed by atoms with E-state index >= 15 is 0 Å². The second kappa shape index (κ2) is 11.9. The molecule has 0 aliphatic carbocycles. The lowest BCUT2D eigenvalue weighted by Crippen LogP contribution is -2.08.